The molecule has 4 rings (SSSR count). The van der Waals surface area contributed by atoms with Crippen LogP contribution in [0.5, 0.6) is 11.5 Å². The molecule has 2 atom stereocenters. The number of allylic oxidation sites excluding steroid dienone is 2. The molecule has 9 nitrogen and oxygen atoms in total. The molecule has 0 radical (unpaired) electrons. The first-order chi connectivity index (χ1) is 15.9. The number of nitrogens with zero attached hydrogens (tertiary/aromatic N) is 3. The fourth-order valence-electron chi connectivity index (χ4n) is 4.32. The Morgan fingerprint density at radius 3 is 2.45 bits per heavy atom. The lowest BCUT2D eigenvalue weighted by atomic mass is 10.0. The van der Waals surface area contributed by atoms with E-state index in [9.17, 15) is 9.59 Å². The fourth-order valence-corrected chi connectivity index (χ4v) is 4.32. The summed E-state index contributed by atoms with van der Waals surface area (Å²) >= 11 is 0. The predicted molar refractivity (Wildman–Crippen MR) is 123 cm³/mol. The molecule has 1 aromatic carbocycles. The number of benzene rings is 1. The van der Waals surface area contributed by atoms with Crippen molar-refractivity contribution in [2.45, 2.75) is 38.8 Å². The first kappa shape index (κ1) is 22.7. The molecule has 1 aromatic heterocycles. The van der Waals surface area contributed by atoms with E-state index >= 15 is 0 Å². The zero-order valence-corrected chi connectivity index (χ0v) is 19.3. The minimum Gasteiger partial charge on any atom is -0.493 e. The number of anilines is 1. The Bertz CT molecular complexity index is 1130. The number of nitrogens with one attached hydrogen (secondary N) is 1. The molecule has 0 saturated carbocycles. The summed E-state index contributed by atoms with van der Waals surface area (Å²) < 4.78 is 16.2. The first-order valence-electron chi connectivity index (χ1n) is 10.9. The van der Waals surface area contributed by atoms with Crippen LogP contribution in [0.4, 0.5) is 5.82 Å². The Balaban J connectivity index is 1.61. The number of rotatable bonds is 8. The number of fused-ring (bicyclic) bond motifs is 1. The standard InChI is InChI=1S/C24H28N4O5/c1-14-5-6-15(2)28(14)19-12-20(29)18(10-21(19)30)27-24-16-9-22(32-4)23(33-8-7-31-3)11-17(16)25-13-26-24/h9-15H,5-8H2,1-4H3,(H,25,26,27). The van der Waals surface area contributed by atoms with Gasteiger partial charge in [-0.25, -0.2) is 9.97 Å². The minimum absolute atomic E-state index is 0.169. The normalized spacial score (nSPS) is 20.7. The van der Waals surface area contributed by atoms with Crippen LogP contribution in [0.2, 0.25) is 0 Å². The summed E-state index contributed by atoms with van der Waals surface area (Å²) in [6.07, 6.45) is 6.17. The van der Waals surface area contributed by atoms with Gasteiger partial charge in [-0.3, -0.25) is 9.59 Å². The number of ether oxygens (including phenoxy) is 3. The van der Waals surface area contributed by atoms with E-state index < -0.39 is 0 Å². The van der Waals surface area contributed by atoms with E-state index in [1.165, 1.54) is 18.5 Å². The second kappa shape index (κ2) is 9.58. The number of aromatic nitrogens is 2. The summed E-state index contributed by atoms with van der Waals surface area (Å²) in [6.45, 7) is 4.95. The summed E-state index contributed by atoms with van der Waals surface area (Å²) in [4.78, 5) is 36.4. The van der Waals surface area contributed by atoms with E-state index in [0.29, 0.717) is 47.1 Å². The van der Waals surface area contributed by atoms with Crippen molar-refractivity contribution in [3.8, 4) is 11.5 Å². The molecule has 1 saturated heterocycles. The quantitative estimate of drug-likeness (QED) is 0.478. The van der Waals surface area contributed by atoms with E-state index in [1.807, 2.05) is 4.90 Å². The molecule has 0 bridgehead atoms. The molecule has 0 spiro atoms. The summed E-state index contributed by atoms with van der Waals surface area (Å²) in [5, 5.41) is 3.65. The lowest BCUT2D eigenvalue weighted by Crippen LogP contribution is -2.37. The van der Waals surface area contributed by atoms with Crippen LogP contribution in [0.3, 0.4) is 0 Å². The maximum atomic E-state index is 12.9. The lowest BCUT2D eigenvalue weighted by Gasteiger charge is -2.31. The van der Waals surface area contributed by atoms with Gasteiger partial charge < -0.3 is 24.4 Å². The molecule has 2 aromatic rings. The summed E-state index contributed by atoms with van der Waals surface area (Å²) in [5.41, 5.74) is 1.23. The van der Waals surface area contributed by atoms with E-state index in [-0.39, 0.29) is 29.3 Å². The summed E-state index contributed by atoms with van der Waals surface area (Å²) in [7, 11) is 3.14. The van der Waals surface area contributed by atoms with Gasteiger partial charge >= 0.3 is 0 Å². The molecule has 0 amide bonds. The zero-order valence-electron chi connectivity index (χ0n) is 19.3. The Labute approximate surface area is 192 Å². The van der Waals surface area contributed by atoms with Gasteiger partial charge in [0, 0.05) is 42.8 Å². The SMILES string of the molecule is COCCOc1cc2ncnc(NC3=CC(=O)C(N4C(C)CCC4C)=CC3=O)c2cc1OC. The third-order valence-electron chi connectivity index (χ3n) is 6.01. The first-order valence-corrected chi connectivity index (χ1v) is 10.9. The Morgan fingerprint density at radius 2 is 1.76 bits per heavy atom. The van der Waals surface area contributed by atoms with Crippen LogP contribution in [0.15, 0.2) is 42.0 Å². The average Bonchev–Trinajstić information content (AvgIpc) is 3.13. The van der Waals surface area contributed by atoms with Crippen molar-refractivity contribution in [1.29, 1.82) is 0 Å². The molecular formula is C24H28N4O5. The van der Waals surface area contributed by atoms with Crippen LogP contribution < -0.4 is 14.8 Å². The highest BCUT2D eigenvalue weighted by Gasteiger charge is 2.34. The topological polar surface area (TPSA) is 103 Å². The average molecular weight is 453 g/mol. The monoisotopic (exact) mass is 452 g/mol. The van der Waals surface area contributed by atoms with Crippen LogP contribution in [0.25, 0.3) is 10.9 Å². The minimum atomic E-state index is -0.269. The fraction of sp³-hybridized carbons (Fsp3) is 0.417. The second-order valence-corrected chi connectivity index (χ2v) is 8.21. The van der Waals surface area contributed by atoms with Crippen LogP contribution in [0.1, 0.15) is 26.7 Å². The lowest BCUT2D eigenvalue weighted by molar-refractivity contribution is -0.116. The molecule has 9 heteroatoms. The summed E-state index contributed by atoms with van der Waals surface area (Å²) in [5.74, 6) is 0.956. The number of ketones is 2. The predicted octanol–water partition coefficient (Wildman–Crippen LogP) is 2.87. The van der Waals surface area contributed by atoms with Gasteiger partial charge in [0.25, 0.3) is 0 Å². The number of carbonyl (C=O) groups is 2. The summed E-state index contributed by atoms with van der Waals surface area (Å²) in [6, 6.07) is 3.94. The highest BCUT2D eigenvalue weighted by molar-refractivity contribution is 6.21. The highest BCUT2D eigenvalue weighted by Crippen LogP contribution is 2.35. The van der Waals surface area contributed by atoms with Gasteiger partial charge in [-0.1, -0.05) is 0 Å². The number of hydrogen-bond donors (Lipinski definition) is 1. The van der Waals surface area contributed by atoms with Crippen LogP contribution in [-0.4, -0.2) is 66.0 Å². The molecular weight excluding hydrogens is 424 g/mol. The molecule has 2 unspecified atom stereocenters. The molecule has 1 aliphatic carbocycles. The van der Waals surface area contributed by atoms with Crippen molar-refractivity contribution < 1.29 is 23.8 Å². The zero-order chi connectivity index (χ0) is 23.5. The van der Waals surface area contributed by atoms with Crippen LogP contribution >= 0.6 is 0 Å². The number of likely N-dealkylation sites (tertiary alicyclic amines) is 1. The van der Waals surface area contributed by atoms with Crippen molar-refractivity contribution in [3.05, 3.63) is 42.0 Å². The maximum Gasteiger partial charge on any atom is 0.204 e. The molecule has 1 aliphatic heterocycles. The Morgan fingerprint density at radius 1 is 1.00 bits per heavy atom. The third kappa shape index (κ3) is 4.54. The van der Waals surface area contributed by atoms with Crippen molar-refractivity contribution in [2.75, 3.05) is 32.8 Å². The number of hydrogen-bond acceptors (Lipinski definition) is 9. The van der Waals surface area contributed by atoms with Crippen molar-refractivity contribution in [1.82, 2.24) is 14.9 Å². The van der Waals surface area contributed by atoms with E-state index in [2.05, 4.69) is 29.1 Å². The smallest absolute Gasteiger partial charge is 0.204 e. The molecule has 1 fully saturated rings. The third-order valence-corrected chi connectivity index (χ3v) is 6.01. The maximum absolute atomic E-state index is 12.9. The van der Waals surface area contributed by atoms with E-state index in [0.717, 1.165) is 12.8 Å². The highest BCUT2D eigenvalue weighted by atomic mass is 16.5. The van der Waals surface area contributed by atoms with Gasteiger partial charge in [0.2, 0.25) is 11.6 Å². The van der Waals surface area contributed by atoms with Crippen molar-refractivity contribution in [2.24, 2.45) is 0 Å². The van der Waals surface area contributed by atoms with Gasteiger partial charge in [-0.2, -0.15) is 0 Å². The number of carbonyl (C=O) groups excluding carboxylic acids is 2. The van der Waals surface area contributed by atoms with E-state index in [4.69, 9.17) is 14.2 Å². The molecule has 2 heterocycles. The largest absolute Gasteiger partial charge is 0.493 e. The van der Waals surface area contributed by atoms with E-state index in [1.54, 1.807) is 26.4 Å². The molecule has 174 valence electrons. The Hall–Kier alpha value is -3.46. The number of methoxy groups -OCH3 is 2. The second-order valence-electron chi connectivity index (χ2n) is 8.21. The van der Waals surface area contributed by atoms with Gasteiger partial charge in [0.15, 0.2) is 11.5 Å². The molecule has 2 aliphatic rings. The van der Waals surface area contributed by atoms with Gasteiger partial charge in [0.05, 0.1) is 30.6 Å². The van der Waals surface area contributed by atoms with Gasteiger partial charge in [-0.05, 0) is 32.8 Å². The van der Waals surface area contributed by atoms with Crippen molar-refractivity contribution in [3.63, 3.8) is 0 Å². The van der Waals surface area contributed by atoms with Gasteiger partial charge in [0.1, 0.15) is 18.8 Å². The van der Waals surface area contributed by atoms with Crippen LogP contribution in [-0.2, 0) is 14.3 Å². The van der Waals surface area contributed by atoms with Crippen molar-refractivity contribution >= 4 is 28.3 Å². The van der Waals surface area contributed by atoms with Gasteiger partial charge in [-0.15, -0.1) is 0 Å². The molecule has 1 N–H and O–H groups in total. The Kier molecular flexibility index (Phi) is 6.60. The van der Waals surface area contributed by atoms with Crippen LogP contribution in [0, 0.1) is 0 Å². The molecule has 33 heavy (non-hydrogen) atoms.